The summed E-state index contributed by atoms with van der Waals surface area (Å²) in [5.41, 5.74) is 1.27. The third kappa shape index (κ3) is 4.28. The summed E-state index contributed by atoms with van der Waals surface area (Å²) < 4.78 is 30.0. The summed E-state index contributed by atoms with van der Waals surface area (Å²) in [5, 5.41) is 2.87. The quantitative estimate of drug-likeness (QED) is 0.771. The highest BCUT2D eigenvalue weighted by Crippen LogP contribution is 2.32. The fourth-order valence-corrected chi connectivity index (χ4v) is 4.59. The van der Waals surface area contributed by atoms with Crippen LogP contribution in [-0.4, -0.2) is 39.6 Å². The highest BCUT2D eigenvalue weighted by molar-refractivity contribution is 7.94. The smallest absolute Gasteiger partial charge is 0.251 e. The Morgan fingerprint density at radius 2 is 1.93 bits per heavy atom. The summed E-state index contributed by atoms with van der Waals surface area (Å²) >= 11 is 6.08. The minimum absolute atomic E-state index is 0.00645. The lowest BCUT2D eigenvalue weighted by Gasteiger charge is -2.17. The molecule has 0 bridgehead atoms. The molecule has 2 amide bonds. The molecule has 0 aromatic heterocycles. The van der Waals surface area contributed by atoms with Crippen molar-refractivity contribution in [2.75, 3.05) is 23.7 Å². The highest BCUT2D eigenvalue weighted by Gasteiger charge is 2.37. The van der Waals surface area contributed by atoms with Crippen LogP contribution in [-0.2, 0) is 21.2 Å². The van der Waals surface area contributed by atoms with E-state index in [-0.39, 0.29) is 34.4 Å². The van der Waals surface area contributed by atoms with Gasteiger partial charge >= 0.3 is 0 Å². The molecule has 9 heteroatoms. The van der Waals surface area contributed by atoms with Crippen LogP contribution in [0.3, 0.4) is 0 Å². The Bertz CT molecular complexity index is 1010. The van der Waals surface area contributed by atoms with Crippen LogP contribution in [0.4, 0.5) is 5.69 Å². The summed E-state index contributed by atoms with van der Waals surface area (Å²) in [7, 11) is -2.16. The van der Waals surface area contributed by atoms with Crippen molar-refractivity contribution in [1.29, 1.82) is 0 Å². The van der Waals surface area contributed by atoms with E-state index in [9.17, 15) is 18.0 Å². The number of anilines is 1. The van der Waals surface area contributed by atoms with Gasteiger partial charge in [-0.15, -0.1) is 0 Å². The molecular formula is C19H19ClN2O5S. The molecule has 0 aliphatic carbocycles. The number of ether oxygens (including phenoxy) is 1. The standard InChI is InChI=1S/C19H19ClN2O5S/c1-27-15-5-2-13(3-6-15)8-10-21-19(24)14-4-7-16(20)17(12-14)22-18(23)9-11-28(22,25)26/h2-7,12H,8-11H2,1H3,(H,21,24). The summed E-state index contributed by atoms with van der Waals surface area (Å²) in [6.07, 6.45) is 0.520. The maximum absolute atomic E-state index is 12.4. The third-order valence-corrected chi connectivity index (χ3v) is 6.36. The summed E-state index contributed by atoms with van der Waals surface area (Å²) in [5.74, 6) is -0.442. The number of benzene rings is 2. The Morgan fingerprint density at radius 1 is 1.21 bits per heavy atom. The molecule has 0 spiro atoms. The van der Waals surface area contributed by atoms with E-state index in [2.05, 4.69) is 5.32 Å². The number of rotatable bonds is 6. The second kappa shape index (κ2) is 8.20. The molecular weight excluding hydrogens is 404 g/mol. The van der Waals surface area contributed by atoms with Crippen molar-refractivity contribution in [3.8, 4) is 5.75 Å². The number of hydrogen-bond donors (Lipinski definition) is 1. The van der Waals surface area contributed by atoms with Gasteiger partial charge in [-0.25, -0.2) is 12.7 Å². The number of hydrogen-bond acceptors (Lipinski definition) is 5. The minimum Gasteiger partial charge on any atom is -0.497 e. The van der Waals surface area contributed by atoms with Crippen molar-refractivity contribution in [2.45, 2.75) is 12.8 Å². The van der Waals surface area contributed by atoms with Crippen LogP contribution in [0.15, 0.2) is 42.5 Å². The van der Waals surface area contributed by atoms with Crippen LogP contribution in [0.2, 0.25) is 5.02 Å². The second-order valence-electron chi connectivity index (χ2n) is 6.24. The zero-order valence-electron chi connectivity index (χ0n) is 15.1. The minimum atomic E-state index is -3.76. The van der Waals surface area contributed by atoms with E-state index in [0.717, 1.165) is 11.3 Å². The maximum atomic E-state index is 12.4. The fourth-order valence-electron chi connectivity index (χ4n) is 2.87. The van der Waals surface area contributed by atoms with E-state index in [1.165, 1.54) is 18.2 Å². The van der Waals surface area contributed by atoms with Gasteiger partial charge in [0.2, 0.25) is 15.9 Å². The van der Waals surface area contributed by atoms with Gasteiger partial charge in [0.05, 0.1) is 23.6 Å². The third-order valence-electron chi connectivity index (χ3n) is 4.36. The monoisotopic (exact) mass is 422 g/mol. The van der Waals surface area contributed by atoms with Gasteiger partial charge in [-0.1, -0.05) is 23.7 Å². The van der Waals surface area contributed by atoms with Crippen molar-refractivity contribution < 1.29 is 22.7 Å². The lowest BCUT2D eigenvalue weighted by Crippen LogP contribution is -2.30. The number of halogens is 1. The van der Waals surface area contributed by atoms with Crippen molar-refractivity contribution in [1.82, 2.24) is 5.32 Å². The molecule has 1 saturated heterocycles. The Hall–Kier alpha value is -2.58. The summed E-state index contributed by atoms with van der Waals surface area (Å²) in [6.45, 7) is 0.393. The van der Waals surface area contributed by atoms with Crippen molar-refractivity contribution in [3.05, 3.63) is 58.6 Å². The van der Waals surface area contributed by atoms with Gasteiger partial charge in [-0.3, -0.25) is 9.59 Å². The number of sulfonamides is 1. The zero-order chi connectivity index (χ0) is 20.3. The van der Waals surface area contributed by atoms with Gasteiger partial charge in [0, 0.05) is 18.5 Å². The molecule has 0 unspecified atom stereocenters. The number of carbonyl (C=O) groups excluding carboxylic acids is 2. The number of nitrogens with zero attached hydrogens (tertiary/aromatic N) is 1. The van der Waals surface area contributed by atoms with Crippen LogP contribution in [0.5, 0.6) is 5.75 Å². The van der Waals surface area contributed by atoms with Gasteiger partial charge in [0.1, 0.15) is 5.75 Å². The molecule has 148 valence electrons. The van der Waals surface area contributed by atoms with E-state index >= 15 is 0 Å². The molecule has 1 N–H and O–H groups in total. The molecule has 2 aromatic rings. The SMILES string of the molecule is COc1ccc(CCNC(=O)c2ccc(Cl)c(N3C(=O)CCS3(=O)=O)c2)cc1. The van der Waals surface area contributed by atoms with Crippen molar-refractivity contribution >= 4 is 39.1 Å². The molecule has 3 rings (SSSR count). The first-order valence-electron chi connectivity index (χ1n) is 8.58. The number of amides is 2. The summed E-state index contributed by atoms with van der Waals surface area (Å²) in [4.78, 5) is 24.4. The van der Waals surface area contributed by atoms with Gasteiger partial charge in [0.15, 0.2) is 0 Å². The van der Waals surface area contributed by atoms with Gasteiger partial charge in [-0.2, -0.15) is 0 Å². The van der Waals surface area contributed by atoms with E-state index in [1.54, 1.807) is 7.11 Å². The van der Waals surface area contributed by atoms with Crippen LogP contribution in [0, 0.1) is 0 Å². The Kier molecular flexibility index (Phi) is 5.90. The lowest BCUT2D eigenvalue weighted by molar-refractivity contribution is -0.116. The Labute approximate surface area is 168 Å². The first kappa shape index (κ1) is 20.2. The second-order valence-corrected chi connectivity index (χ2v) is 8.59. The predicted molar refractivity (Wildman–Crippen MR) is 106 cm³/mol. The van der Waals surface area contributed by atoms with Crippen LogP contribution >= 0.6 is 11.6 Å². The topological polar surface area (TPSA) is 92.8 Å². The fraction of sp³-hybridized carbons (Fsp3) is 0.263. The van der Waals surface area contributed by atoms with Crippen LogP contribution < -0.4 is 14.4 Å². The molecule has 1 aliphatic rings. The normalized spacial score (nSPS) is 15.5. The molecule has 2 aromatic carbocycles. The van der Waals surface area contributed by atoms with E-state index < -0.39 is 15.9 Å². The Morgan fingerprint density at radius 3 is 2.54 bits per heavy atom. The number of carbonyl (C=O) groups is 2. The zero-order valence-corrected chi connectivity index (χ0v) is 16.7. The van der Waals surface area contributed by atoms with E-state index in [4.69, 9.17) is 16.3 Å². The molecule has 0 saturated carbocycles. The van der Waals surface area contributed by atoms with Gasteiger partial charge in [0.25, 0.3) is 5.91 Å². The molecule has 1 aliphatic heterocycles. The maximum Gasteiger partial charge on any atom is 0.251 e. The van der Waals surface area contributed by atoms with Crippen LogP contribution in [0.1, 0.15) is 22.3 Å². The molecule has 0 radical (unpaired) electrons. The van der Waals surface area contributed by atoms with Crippen molar-refractivity contribution in [2.24, 2.45) is 0 Å². The molecule has 28 heavy (non-hydrogen) atoms. The van der Waals surface area contributed by atoms with E-state index in [0.29, 0.717) is 17.3 Å². The number of methoxy groups -OCH3 is 1. The Balaban J connectivity index is 1.69. The first-order valence-corrected chi connectivity index (χ1v) is 10.6. The van der Waals surface area contributed by atoms with Gasteiger partial charge < -0.3 is 10.1 Å². The molecule has 7 nitrogen and oxygen atoms in total. The van der Waals surface area contributed by atoms with Crippen LogP contribution in [0.25, 0.3) is 0 Å². The number of nitrogens with one attached hydrogen (secondary N) is 1. The van der Waals surface area contributed by atoms with E-state index in [1.807, 2.05) is 24.3 Å². The largest absolute Gasteiger partial charge is 0.497 e. The average Bonchev–Trinajstić information content (AvgIpc) is 2.95. The first-order chi connectivity index (χ1) is 13.3. The average molecular weight is 423 g/mol. The molecule has 1 fully saturated rings. The van der Waals surface area contributed by atoms with Crippen molar-refractivity contribution in [3.63, 3.8) is 0 Å². The summed E-state index contributed by atoms with van der Waals surface area (Å²) in [6, 6.07) is 11.7. The lowest BCUT2D eigenvalue weighted by atomic mass is 10.1. The molecule has 1 heterocycles. The highest BCUT2D eigenvalue weighted by atomic mass is 35.5. The predicted octanol–water partition coefficient (Wildman–Crippen LogP) is 2.39. The van der Waals surface area contributed by atoms with Gasteiger partial charge in [-0.05, 0) is 42.3 Å². The molecule has 0 atom stereocenters.